The third-order valence-electron chi connectivity index (χ3n) is 3.81. The van der Waals surface area contributed by atoms with Crippen LogP contribution in [-0.2, 0) is 11.3 Å². The fraction of sp³-hybridized carbons (Fsp3) is 0.500. The summed E-state index contributed by atoms with van der Waals surface area (Å²) in [5.41, 5.74) is 0. The van der Waals surface area contributed by atoms with Crippen LogP contribution in [0.15, 0.2) is 27.3 Å². The molecular weight excluding hydrogens is 312 g/mol. The molecule has 0 aliphatic heterocycles. The van der Waals surface area contributed by atoms with Gasteiger partial charge in [0.2, 0.25) is 11.8 Å². The standard InChI is InChI=1S/C16H20N4O4/c1-9(2)13(19-14(21)11-4-3-7-23-11)15(22)17-8-12-18-16(24-20-12)10-5-6-10/h3-4,7,9-10,13H,5-6,8H2,1-2H3,(H,17,22)(H,19,21)/t13-/m0/s1. The van der Waals surface area contributed by atoms with E-state index in [4.69, 9.17) is 8.94 Å². The number of nitrogens with zero attached hydrogens (tertiary/aromatic N) is 2. The van der Waals surface area contributed by atoms with Crippen LogP contribution in [0.2, 0.25) is 0 Å². The zero-order valence-electron chi connectivity index (χ0n) is 13.6. The topological polar surface area (TPSA) is 110 Å². The fourth-order valence-electron chi connectivity index (χ4n) is 2.27. The normalized spacial score (nSPS) is 15.3. The van der Waals surface area contributed by atoms with Gasteiger partial charge in [0.25, 0.3) is 5.91 Å². The molecule has 1 atom stereocenters. The third kappa shape index (κ3) is 3.81. The van der Waals surface area contributed by atoms with Crippen molar-refractivity contribution in [3.63, 3.8) is 0 Å². The molecule has 0 radical (unpaired) electrons. The third-order valence-corrected chi connectivity index (χ3v) is 3.81. The summed E-state index contributed by atoms with van der Waals surface area (Å²) in [4.78, 5) is 28.7. The van der Waals surface area contributed by atoms with E-state index in [1.165, 1.54) is 6.26 Å². The Kier molecular flexibility index (Phi) is 4.64. The van der Waals surface area contributed by atoms with Crippen molar-refractivity contribution in [3.05, 3.63) is 35.9 Å². The molecule has 2 aromatic rings. The summed E-state index contributed by atoms with van der Waals surface area (Å²) in [6.07, 6.45) is 3.55. The summed E-state index contributed by atoms with van der Waals surface area (Å²) < 4.78 is 10.2. The van der Waals surface area contributed by atoms with Crippen molar-refractivity contribution in [2.75, 3.05) is 0 Å². The summed E-state index contributed by atoms with van der Waals surface area (Å²) in [5, 5.41) is 9.27. The Bertz CT molecular complexity index is 703. The van der Waals surface area contributed by atoms with Gasteiger partial charge in [-0.3, -0.25) is 9.59 Å². The largest absolute Gasteiger partial charge is 0.459 e. The van der Waals surface area contributed by atoms with Crippen molar-refractivity contribution >= 4 is 11.8 Å². The predicted octanol–water partition coefficient (Wildman–Crippen LogP) is 1.61. The van der Waals surface area contributed by atoms with Crippen molar-refractivity contribution in [1.82, 2.24) is 20.8 Å². The van der Waals surface area contributed by atoms with E-state index in [2.05, 4.69) is 20.8 Å². The predicted molar refractivity (Wildman–Crippen MR) is 82.9 cm³/mol. The van der Waals surface area contributed by atoms with Crippen LogP contribution < -0.4 is 10.6 Å². The van der Waals surface area contributed by atoms with E-state index < -0.39 is 11.9 Å². The van der Waals surface area contributed by atoms with Crippen LogP contribution in [-0.4, -0.2) is 28.0 Å². The number of rotatable bonds is 7. The lowest BCUT2D eigenvalue weighted by atomic mass is 10.0. The molecule has 1 aliphatic rings. The molecule has 2 aromatic heterocycles. The van der Waals surface area contributed by atoms with Gasteiger partial charge in [-0.1, -0.05) is 19.0 Å². The summed E-state index contributed by atoms with van der Waals surface area (Å²) in [5.74, 6) is 0.790. The first-order valence-electron chi connectivity index (χ1n) is 7.99. The molecule has 0 saturated heterocycles. The maximum atomic E-state index is 12.4. The SMILES string of the molecule is CC(C)[C@H](NC(=O)c1ccco1)C(=O)NCc1noc(C2CC2)n1. The smallest absolute Gasteiger partial charge is 0.287 e. The van der Waals surface area contributed by atoms with Crippen molar-refractivity contribution in [2.24, 2.45) is 5.92 Å². The van der Waals surface area contributed by atoms with Crippen LogP contribution >= 0.6 is 0 Å². The average Bonchev–Trinajstić information content (AvgIpc) is 3.07. The Morgan fingerprint density at radius 2 is 2.17 bits per heavy atom. The summed E-state index contributed by atoms with van der Waals surface area (Å²) in [6, 6.07) is 2.48. The van der Waals surface area contributed by atoms with E-state index in [1.807, 2.05) is 13.8 Å². The molecule has 0 spiro atoms. The van der Waals surface area contributed by atoms with Gasteiger partial charge >= 0.3 is 0 Å². The van der Waals surface area contributed by atoms with Crippen LogP contribution in [0.25, 0.3) is 0 Å². The zero-order chi connectivity index (χ0) is 17.1. The first kappa shape index (κ1) is 16.2. The van der Waals surface area contributed by atoms with E-state index >= 15 is 0 Å². The van der Waals surface area contributed by atoms with E-state index in [-0.39, 0.29) is 24.1 Å². The molecule has 0 bridgehead atoms. The van der Waals surface area contributed by atoms with Crippen molar-refractivity contribution in [3.8, 4) is 0 Å². The second kappa shape index (κ2) is 6.86. The number of furan rings is 1. The van der Waals surface area contributed by atoms with Crippen LogP contribution in [0.5, 0.6) is 0 Å². The second-order valence-corrected chi connectivity index (χ2v) is 6.21. The molecule has 0 unspecified atom stereocenters. The van der Waals surface area contributed by atoms with Crippen LogP contribution in [0.4, 0.5) is 0 Å². The Morgan fingerprint density at radius 3 is 2.79 bits per heavy atom. The molecule has 1 saturated carbocycles. The van der Waals surface area contributed by atoms with Gasteiger partial charge in [0.1, 0.15) is 6.04 Å². The quantitative estimate of drug-likeness (QED) is 0.797. The van der Waals surface area contributed by atoms with Gasteiger partial charge in [-0.15, -0.1) is 0 Å². The highest BCUT2D eigenvalue weighted by Gasteiger charge is 2.30. The number of carbonyl (C=O) groups is 2. The maximum Gasteiger partial charge on any atom is 0.287 e. The summed E-state index contributed by atoms with van der Waals surface area (Å²) >= 11 is 0. The Balaban J connectivity index is 1.56. The second-order valence-electron chi connectivity index (χ2n) is 6.21. The van der Waals surface area contributed by atoms with Crippen molar-refractivity contribution in [2.45, 2.75) is 45.2 Å². The van der Waals surface area contributed by atoms with Crippen molar-refractivity contribution < 1.29 is 18.5 Å². The van der Waals surface area contributed by atoms with E-state index in [9.17, 15) is 9.59 Å². The lowest BCUT2D eigenvalue weighted by Crippen LogP contribution is -2.49. The number of nitrogens with one attached hydrogen (secondary N) is 2. The summed E-state index contributed by atoms with van der Waals surface area (Å²) in [6.45, 7) is 3.87. The first-order valence-corrected chi connectivity index (χ1v) is 7.99. The number of hydrogen-bond acceptors (Lipinski definition) is 6. The highest BCUT2D eigenvalue weighted by atomic mass is 16.5. The molecular formula is C16H20N4O4. The molecule has 8 heteroatoms. The van der Waals surface area contributed by atoms with Gasteiger partial charge in [0.15, 0.2) is 11.6 Å². The molecule has 2 heterocycles. The van der Waals surface area contributed by atoms with Gasteiger partial charge in [-0.05, 0) is 30.9 Å². The maximum absolute atomic E-state index is 12.4. The molecule has 3 rings (SSSR count). The van der Waals surface area contributed by atoms with Crippen molar-refractivity contribution in [1.29, 1.82) is 0 Å². The number of amides is 2. The van der Waals surface area contributed by atoms with E-state index in [0.717, 1.165) is 12.8 Å². The minimum absolute atomic E-state index is 0.0868. The Hall–Kier alpha value is -2.64. The molecule has 24 heavy (non-hydrogen) atoms. The highest BCUT2D eigenvalue weighted by molar-refractivity contribution is 5.95. The zero-order valence-corrected chi connectivity index (χ0v) is 13.6. The monoisotopic (exact) mass is 332 g/mol. The lowest BCUT2D eigenvalue weighted by molar-refractivity contribution is -0.124. The minimum atomic E-state index is -0.683. The van der Waals surface area contributed by atoms with Gasteiger partial charge in [0.05, 0.1) is 12.8 Å². The molecule has 128 valence electrons. The van der Waals surface area contributed by atoms with Crippen LogP contribution in [0.1, 0.15) is 54.9 Å². The van der Waals surface area contributed by atoms with E-state index in [0.29, 0.717) is 17.6 Å². The van der Waals surface area contributed by atoms with E-state index in [1.54, 1.807) is 12.1 Å². The highest BCUT2D eigenvalue weighted by Crippen LogP contribution is 2.38. The summed E-state index contributed by atoms with van der Waals surface area (Å²) in [7, 11) is 0. The first-order chi connectivity index (χ1) is 11.5. The Labute approximate surface area is 139 Å². The van der Waals surface area contributed by atoms with Crippen LogP contribution in [0.3, 0.4) is 0 Å². The molecule has 2 amide bonds. The molecule has 2 N–H and O–H groups in total. The molecule has 0 aromatic carbocycles. The Morgan fingerprint density at radius 1 is 1.38 bits per heavy atom. The van der Waals surface area contributed by atoms with Crippen LogP contribution in [0, 0.1) is 5.92 Å². The van der Waals surface area contributed by atoms with Gasteiger partial charge < -0.3 is 19.6 Å². The van der Waals surface area contributed by atoms with Gasteiger partial charge in [0, 0.05) is 5.92 Å². The lowest BCUT2D eigenvalue weighted by Gasteiger charge is -2.20. The number of carbonyl (C=O) groups excluding carboxylic acids is 2. The molecule has 1 aliphatic carbocycles. The average molecular weight is 332 g/mol. The van der Waals surface area contributed by atoms with Gasteiger partial charge in [-0.25, -0.2) is 0 Å². The number of aromatic nitrogens is 2. The fourth-order valence-corrected chi connectivity index (χ4v) is 2.27. The van der Waals surface area contributed by atoms with Gasteiger partial charge in [-0.2, -0.15) is 4.98 Å². The minimum Gasteiger partial charge on any atom is -0.459 e. The molecule has 8 nitrogen and oxygen atoms in total. The number of hydrogen-bond donors (Lipinski definition) is 2. The molecule has 1 fully saturated rings.